The highest BCUT2D eigenvalue weighted by atomic mass is 32.1. The molecule has 0 aromatic heterocycles. The fourth-order valence-corrected chi connectivity index (χ4v) is 1.95. The number of hydrazine groups is 1. The van der Waals surface area contributed by atoms with E-state index in [-0.39, 0.29) is 0 Å². The van der Waals surface area contributed by atoms with Gasteiger partial charge in [0.15, 0.2) is 5.75 Å². The molecule has 1 aromatic rings. The topological polar surface area (TPSA) is 24.5 Å². The first-order valence-electron chi connectivity index (χ1n) is 4.39. The third-order valence-electron chi connectivity index (χ3n) is 2.30. The van der Waals surface area contributed by atoms with Crippen molar-refractivity contribution in [1.29, 1.82) is 0 Å². The molecule has 0 amide bonds. The third-order valence-corrected chi connectivity index (χ3v) is 2.50. The smallest absolute Gasteiger partial charge is 0.157 e. The molecule has 0 spiro atoms. The average Bonchev–Trinajstić information content (AvgIpc) is 2.17. The third kappa shape index (κ3) is 1.12. The van der Waals surface area contributed by atoms with Gasteiger partial charge in [-0.2, -0.15) is 0 Å². The van der Waals surface area contributed by atoms with Crippen LogP contribution in [0.2, 0.25) is 0 Å². The van der Waals surface area contributed by atoms with Crippen molar-refractivity contribution in [2.45, 2.75) is 0 Å². The van der Waals surface area contributed by atoms with Gasteiger partial charge in [0.2, 0.25) is 0 Å². The van der Waals surface area contributed by atoms with Crippen LogP contribution >= 0.6 is 12.2 Å². The minimum absolute atomic E-state index is 0.695. The molecule has 0 saturated carbocycles. The first kappa shape index (κ1) is 7.96. The van der Waals surface area contributed by atoms with E-state index < -0.39 is 0 Å². The number of para-hydroxylation sites is 1. The molecule has 14 heavy (non-hydrogen) atoms. The Kier molecular flexibility index (Phi) is 1.59. The minimum Gasteiger partial charge on any atom is -0.385 e. The van der Waals surface area contributed by atoms with Crippen LogP contribution in [-0.2, 0) is 0 Å². The zero-order valence-corrected chi connectivity index (χ0v) is 8.17. The first-order chi connectivity index (χ1) is 6.83. The van der Waals surface area contributed by atoms with Crippen LogP contribution in [0.3, 0.4) is 0 Å². The zero-order valence-electron chi connectivity index (χ0n) is 7.36. The number of rotatable bonds is 0. The molecule has 1 atom stereocenters. The largest absolute Gasteiger partial charge is 0.385 e. The molecule has 1 unspecified atom stereocenters. The van der Waals surface area contributed by atoms with Gasteiger partial charge in [-0.05, 0) is 22.9 Å². The lowest BCUT2D eigenvalue weighted by atomic mass is 10.0. The SMILES string of the molecule is S=C1C=C2CN(N1)Oc1ccccc12. The molecule has 3 nitrogen and oxygen atoms in total. The summed E-state index contributed by atoms with van der Waals surface area (Å²) in [7, 11) is 0. The summed E-state index contributed by atoms with van der Waals surface area (Å²) < 4.78 is 0. The van der Waals surface area contributed by atoms with Gasteiger partial charge in [0.05, 0.1) is 6.54 Å². The maximum Gasteiger partial charge on any atom is 0.157 e. The molecule has 0 fully saturated rings. The molecule has 0 saturated heterocycles. The van der Waals surface area contributed by atoms with Crippen molar-refractivity contribution in [2.75, 3.05) is 6.54 Å². The Labute approximate surface area is 86.9 Å². The number of fused-ring (bicyclic) bond motifs is 4. The Morgan fingerprint density at radius 2 is 2.21 bits per heavy atom. The Morgan fingerprint density at radius 3 is 3.14 bits per heavy atom. The molecule has 70 valence electrons. The lowest BCUT2D eigenvalue weighted by Crippen LogP contribution is -2.49. The summed E-state index contributed by atoms with van der Waals surface area (Å²) in [5, 5.41) is 1.65. The van der Waals surface area contributed by atoms with Crippen LogP contribution in [-0.4, -0.2) is 16.7 Å². The minimum atomic E-state index is 0.695. The van der Waals surface area contributed by atoms with E-state index in [0.29, 0.717) is 4.99 Å². The summed E-state index contributed by atoms with van der Waals surface area (Å²) in [4.78, 5) is 6.26. The monoisotopic (exact) mass is 204 g/mol. The van der Waals surface area contributed by atoms with E-state index in [0.717, 1.165) is 17.9 Å². The molecular weight excluding hydrogens is 196 g/mol. The second-order valence-corrected chi connectivity index (χ2v) is 3.71. The number of hydrogen-bond acceptors (Lipinski definition) is 3. The zero-order chi connectivity index (χ0) is 9.54. The molecule has 2 aliphatic heterocycles. The Balaban J connectivity index is 2.19. The molecule has 4 heteroatoms. The Morgan fingerprint density at radius 1 is 1.36 bits per heavy atom. The fourth-order valence-electron chi connectivity index (χ4n) is 1.70. The molecule has 2 heterocycles. The van der Waals surface area contributed by atoms with Gasteiger partial charge in [0, 0.05) is 5.56 Å². The lowest BCUT2D eigenvalue weighted by molar-refractivity contribution is -0.0793. The van der Waals surface area contributed by atoms with Gasteiger partial charge >= 0.3 is 0 Å². The van der Waals surface area contributed by atoms with Crippen LogP contribution < -0.4 is 10.3 Å². The summed E-state index contributed by atoms with van der Waals surface area (Å²) in [5.41, 5.74) is 5.29. The normalized spacial score (nSPS) is 23.0. The highest BCUT2D eigenvalue weighted by Gasteiger charge is 2.25. The van der Waals surface area contributed by atoms with Crippen LogP contribution in [0.1, 0.15) is 5.56 Å². The average molecular weight is 204 g/mol. The number of nitrogens with one attached hydrogen (secondary N) is 1. The molecule has 1 N–H and O–H groups in total. The Bertz CT molecular complexity index is 442. The lowest BCUT2D eigenvalue weighted by Gasteiger charge is -2.33. The summed E-state index contributed by atoms with van der Waals surface area (Å²) in [6.07, 6.45) is 1.98. The number of thiocarbonyl (C=S) groups is 1. The summed E-state index contributed by atoms with van der Waals surface area (Å²) in [6, 6.07) is 7.96. The quantitative estimate of drug-likeness (QED) is 0.648. The van der Waals surface area contributed by atoms with Gasteiger partial charge < -0.3 is 4.84 Å². The second kappa shape index (κ2) is 2.80. The van der Waals surface area contributed by atoms with E-state index in [1.807, 2.05) is 30.3 Å². The van der Waals surface area contributed by atoms with Crippen LogP contribution in [0.25, 0.3) is 5.57 Å². The number of hydrogen-bond donors (Lipinski definition) is 1. The maximum atomic E-state index is 5.57. The molecule has 2 aliphatic rings. The summed E-state index contributed by atoms with van der Waals surface area (Å²) in [6.45, 7) is 0.733. The van der Waals surface area contributed by atoms with E-state index in [4.69, 9.17) is 17.1 Å². The number of hydroxylamine groups is 1. The van der Waals surface area contributed by atoms with Gasteiger partial charge in [-0.1, -0.05) is 30.4 Å². The second-order valence-electron chi connectivity index (χ2n) is 3.27. The number of benzene rings is 1. The molecular formula is C10H8N2OS. The summed E-state index contributed by atoms with van der Waals surface area (Å²) >= 11 is 5.08. The highest BCUT2D eigenvalue weighted by molar-refractivity contribution is 7.80. The van der Waals surface area contributed by atoms with Crippen LogP contribution in [0.15, 0.2) is 30.3 Å². The van der Waals surface area contributed by atoms with Gasteiger partial charge in [0.25, 0.3) is 0 Å². The van der Waals surface area contributed by atoms with Gasteiger partial charge in [0.1, 0.15) is 4.99 Å². The van der Waals surface area contributed by atoms with Gasteiger partial charge in [-0.3, -0.25) is 5.43 Å². The van der Waals surface area contributed by atoms with Crippen LogP contribution in [0.5, 0.6) is 5.75 Å². The highest BCUT2D eigenvalue weighted by Crippen LogP contribution is 2.32. The van der Waals surface area contributed by atoms with Crippen molar-refractivity contribution >= 4 is 22.8 Å². The molecule has 0 aliphatic carbocycles. The van der Waals surface area contributed by atoms with Crippen LogP contribution in [0, 0.1) is 0 Å². The van der Waals surface area contributed by atoms with Crippen LogP contribution in [0.4, 0.5) is 0 Å². The molecule has 2 bridgehead atoms. The van der Waals surface area contributed by atoms with Crippen molar-refractivity contribution in [2.24, 2.45) is 0 Å². The van der Waals surface area contributed by atoms with Crippen molar-refractivity contribution in [3.05, 3.63) is 35.9 Å². The van der Waals surface area contributed by atoms with E-state index in [2.05, 4.69) is 5.43 Å². The number of nitrogens with zero attached hydrogens (tertiary/aromatic N) is 1. The van der Waals surface area contributed by atoms with E-state index in [1.54, 1.807) is 5.17 Å². The van der Waals surface area contributed by atoms with Crippen molar-refractivity contribution in [3.8, 4) is 5.75 Å². The van der Waals surface area contributed by atoms with Gasteiger partial charge in [-0.25, -0.2) is 0 Å². The maximum absolute atomic E-state index is 5.57. The molecule has 0 radical (unpaired) electrons. The predicted octanol–water partition coefficient (Wildman–Crippen LogP) is 1.52. The Hall–Kier alpha value is -1.39. The van der Waals surface area contributed by atoms with E-state index >= 15 is 0 Å². The molecule has 1 aromatic carbocycles. The van der Waals surface area contributed by atoms with Crippen molar-refractivity contribution < 1.29 is 4.84 Å². The standard InChI is InChI=1S/C10H8N2OS/c14-10-5-7-6-12(11-10)13-9-4-2-1-3-8(7)9/h1-5H,6H2,(H,11,14). The molecule has 3 rings (SSSR count). The van der Waals surface area contributed by atoms with E-state index in [9.17, 15) is 0 Å². The van der Waals surface area contributed by atoms with E-state index in [1.165, 1.54) is 5.57 Å². The van der Waals surface area contributed by atoms with Crippen molar-refractivity contribution in [3.63, 3.8) is 0 Å². The summed E-state index contributed by atoms with van der Waals surface area (Å²) in [5.74, 6) is 0.875. The predicted molar refractivity (Wildman–Crippen MR) is 57.5 cm³/mol. The first-order valence-corrected chi connectivity index (χ1v) is 4.80. The van der Waals surface area contributed by atoms with Gasteiger partial charge in [-0.15, -0.1) is 0 Å². The van der Waals surface area contributed by atoms with Crippen molar-refractivity contribution in [1.82, 2.24) is 10.6 Å². The fraction of sp³-hybridized carbons (Fsp3) is 0.100.